The van der Waals surface area contributed by atoms with Crippen LogP contribution in [0.3, 0.4) is 0 Å². The van der Waals surface area contributed by atoms with Crippen molar-refractivity contribution in [3.05, 3.63) is 0 Å². The molecule has 1 atom stereocenters. The molecule has 0 radical (unpaired) electrons. The molecule has 0 spiro atoms. The average Bonchev–Trinajstić information content (AvgIpc) is 2.01. The lowest BCUT2D eigenvalue weighted by molar-refractivity contribution is -0.137. The lowest BCUT2D eigenvalue weighted by Gasteiger charge is -2.23. The lowest BCUT2D eigenvalue weighted by Crippen LogP contribution is -2.43. The van der Waals surface area contributed by atoms with Gasteiger partial charge in [0.25, 0.3) is 0 Å². The Morgan fingerprint density at radius 1 is 1.31 bits per heavy atom. The molecule has 1 unspecified atom stereocenters. The Balaban J connectivity index is 0. The Hall–Kier alpha value is -0.280. The molecule has 0 rings (SSSR count). The molecule has 0 heterocycles. The first-order valence-corrected chi connectivity index (χ1v) is 4.59. The van der Waals surface area contributed by atoms with Gasteiger partial charge in [0.2, 0.25) is 5.91 Å². The maximum Gasteiger partial charge on any atom is 0.249 e. The molecule has 1 amide bonds. The van der Waals surface area contributed by atoms with Gasteiger partial charge in [-0.25, -0.2) is 0 Å². The smallest absolute Gasteiger partial charge is 0.249 e. The van der Waals surface area contributed by atoms with Gasteiger partial charge in [-0.15, -0.1) is 12.4 Å². The normalized spacial score (nSPS) is 14.4. The van der Waals surface area contributed by atoms with E-state index in [1.54, 1.807) is 0 Å². The monoisotopic (exact) mass is 209 g/mol. The summed E-state index contributed by atoms with van der Waals surface area (Å²) in [6, 6.07) is 0. The van der Waals surface area contributed by atoms with Crippen LogP contribution in [-0.4, -0.2) is 16.6 Å². The predicted molar refractivity (Wildman–Crippen MR) is 55.8 cm³/mol. The van der Waals surface area contributed by atoms with Gasteiger partial charge >= 0.3 is 0 Å². The Bertz CT molecular complexity index is 153. The first-order valence-electron chi connectivity index (χ1n) is 4.59. The van der Waals surface area contributed by atoms with Crippen molar-refractivity contribution in [3.8, 4) is 0 Å². The quantitative estimate of drug-likeness (QED) is 0.698. The van der Waals surface area contributed by atoms with E-state index in [1.165, 1.54) is 0 Å². The Morgan fingerprint density at radius 3 is 2.15 bits per heavy atom. The summed E-state index contributed by atoms with van der Waals surface area (Å²) < 4.78 is 0. The minimum atomic E-state index is -1.26. The van der Waals surface area contributed by atoms with Gasteiger partial charge in [-0.3, -0.25) is 4.79 Å². The molecule has 0 fully saturated rings. The third-order valence-corrected chi connectivity index (χ3v) is 2.07. The highest BCUT2D eigenvalue weighted by Gasteiger charge is 2.31. The number of carbonyl (C=O) groups is 1. The summed E-state index contributed by atoms with van der Waals surface area (Å²) in [6.45, 7) is 3.95. The van der Waals surface area contributed by atoms with Crippen molar-refractivity contribution in [2.24, 2.45) is 5.73 Å². The van der Waals surface area contributed by atoms with Crippen LogP contribution in [-0.2, 0) is 4.79 Å². The predicted octanol–water partition coefficient (Wildman–Crippen LogP) is 1.61. The van der Waals surface area contributed by atoms with E-state index in [0.29, 0.717) is 12.8 Å². The van der Waals surface area contributed by atoms with E-state index >= 15 is 0 Å². The van der Waals surface area contributed by atoms with Crippen LogP contribution in [0.4, 0.5) is 0 Å². The summed E-state index contributed by atoms with van der Waals surface area (Å²) in [5.41, 5.74) is 3.85. The van der Waals surface area contributed by atoms with Crippen molar-refractivity contribution in [2.45, 2.75) is 51.6 Å². The molecule has 0 aromatic carbocycles. The topological polar surface area (TPSA) is 63.3 Å². The number of hydrogen-bond acceptors (Lipinski definition) is 2. The van der Waals surface area contributed by atoms with Gasteiger partial charge in [0.05, 0.1) is 0 Å². The molecule has 4 heteroatoms. The van der Waals surface area contributed by atoms with Crippen LogP contribution in [0.5, 0.6) is 0 Å². The highest BCUT2D eigenvalue weighted by atomic mass is 35.5. The van der Waals surface area contributed by atoms with Crippen molar-refractivity contribution >= 4 is 18.3 Å². The molecule has 0 aromatic rings. The summed E-state index contributed by atoms with van der Waals surface area (Å²) in [5, 5.41) is 9.75. The zero-order valence-corrected chi connectivity index (χ0v) is 9.19. The molecule has 0 aliphatic heterocycles. The number of primary amides is 1. The summed E-state index contributed by atoms with van der Waals surface area (Å²) in [6.07, 6.45) is 3.57. The first kappa shape index (κ1) is 15.2. The number of hydrogen-bond donors (Lipinski definition) is 2. The van der Waals surface area contributed by atoms with Gasteiger partial charge in [0.15, 0.2) is 0 Å². The van der Waals surface area contributed by atoms with Crippen molar-refractivity contribution in [1.29, 1.82) is 0 Å². The molecule has 0 saturated carbocycles. The molecule has 3 nitrogen and oxygen atoms in total. The Labute approximate surface area is 86.1 Å². The van der Waals surface area contributed by atoms with Crippen LogP contribution < -0.4 is 5.73 Å². The van der Waals surface area contributed by atoms with Crippen LogP contribution in [0.2, 0.25) is 0 Å². The molecule has 0 bridgehead atoms. The number of halogens is 1. The number of aliphatic hydroxyl groups is 1. The fourth-order valence-corrected chi connectivity index (χ4v) is 1.25. The zero-order valence-electron chi connectivity index (χ0n) is 8.38. The van der Waals surface area contributed by atoms with Gasteiger partial charge < -0.3 is 10.8 Å². The van der Waals surface area contributed by atoms with Gasteiger partial charge in [-0.05, 0) is 12.8 Å². The van der Waals surface area contributed by atoms with Gasteiger partial charge in [-0.1, -0.05) is 33.1 Å². The zero-order chi connectivity index (χ0) is 9.61. The molecule has 13 heavy (non-hydrogen) atoms. The molecule has 80 valence electrons. The van der Waals surface area contributed by atoms with Gasteiger partial charge in [0, 0.05) is 0 Å². The van der Waals surface area contributed by atoms with Crippen LogP contribution in [0, 0.1) is 0 Å². The summed E-state index contributed by atoms with van der Waals surface area (Å²) >= 11 is 0. The van der Waals surface area contributed by atoms with Gasteiger partial charge in [0.1, 0.15) is 5.60 Å². The average molecular weight is 210 g/mol. The molecular formula is C9H20ClNO2. The van der Waals surface area contributed by atoms with Crippen molar-refractivity contribution in [2.75, 3.05) is 0 Å². The largest absolute Gasteiger partial charge is 0.380 e. The maximum atomic E-state index is 10.9. The number of rotatable bonds is 6. The summed E-state index contributed by atoms with van der Waals surface area (Å²) in [5.74, 6) is -0.585. The van der Waals surface area contributed by atoms with E-state index in [9.17, 15) is 9.90 Å². The highest BCUT2D eigenvalue weighted by molar-refractivity contribution is 5.85. The van der Waals surface area contributed by atoms with E-state index < -0.39 is 11.5 Å². The number of amides is 1. The second-order valence-corrected chi connectivity index (χ2v) is 3.25. The highest BCUT2D eigenvalue weighted by Crippen LogP contribution is 2.19. The summed E-state index contributed by atoms with van der Waals surface area (Å²) in [7, 11) is 0. The second-order valence-electron chi connectivity index (χ2n) is 3.25. The molecule has 0 saturated heterocycles. The molecule has 0 aliphatic rings. The van der Waals surface area contributed by atoms with E-state index in [2.05, 4.69) is 0 Å². The minimum Gasteiger partial charge on any atom is -0.380 e. The molecule has 3 N–H and O–H groups in total. The van der Waals surface area contributed by atoms with Crippen LogP contribution in [0.1, 0.15) is 46.0 Å². The minimum absolute atomic E-state index is 0. The molecule has 0 aromatic heterocycles. The van der Waals surface area contributed by atoms with E-state index in [4.69, 9.17) is 5.73 Å². The van der Waals surface area contributed by atoms with Crippen LogP contribution >= 0.6 is 12.4 Å². The fourth-order valence-electron chi connectivity index (χ4n) is 1.25. The van der Waals surface area contributed by atoms with Crippen molar-refractivity contribution in [3.63, 3.8) is 0 Å². The third-order valence-electron chi connectivity index (χ3n) is 2.07. The SMILES string of the molecule is CCCCC(O)(CCC)C(N)=O.Cl. The Morgan fingerprint density at radius 2 is 1.85 bits per heavy atom. The number of nitrogens with two attached hydrogens (primary N) is 1. The lowest BCUT2D eigenvalue weighted by atomic mass is 9.91. The van der Waals surface area contributed by atoms with E-state index in [1.807, 2.05) is 13.8 Å². The molecular weight excluding hydrogens is 190 g/mol. The van der Waals surface area contributed by atoms with Crippen LogP contribution in [0.25, 0.3) is 0 Å². The first-order chi connectivity index (χ1) is 5.56. The maximum absolute atomic E-state index is 10.9. The van der Waals surface area contributed by atoms with E-state index in [0.717, 1.165) is 19.3 Å². The standard InChI is InChI=1S/C9H19NO2.ClH/c1-3-5-7-9(12,6-4-2)8(10)11;/h12H,3-7H2,1-2H3,(H2,10,11);1H. The number of carbonyl (C=O) groups excluding carboxylic acids is 1. The van der Waals surface area contributed by atoms with E-state index in [-0.39, 0.29) is 12.4 Å². The summed E-state index contributed by atoms with van der Waals surface area (Å²) in [4.78, 5) is 10.9. The van der Waals surface area contributed by atoms with Crippen molar-refractivity contribution < 1.29 is 9.90 Å². The molecule has 0 aliphatic carbocycles. The third kappa shape index (κ3) is 5.11. The fraction of sp³-hybridized carbons (Fsp3) is 0.889. The van der Waals surface area contributed by atoms with Crippen LogP contribution in [0.15, 0.2) is 0 Å². The second kappa shape index (κ2) is 7.15. The Kier molecular flexibility index (Phi) is 8.37. The van der Waals surface area contributed by atoms with Crippen molar-refractivity contribution in [1.82, 2.24) is 0 Å². The van der Waals surface area contributed by atoms with Gasteiger partial charge in [-0.2, -0.15) is 0 Å². The number of unbranched alkanes of at least 4 members (excludes halogenated alkanes) is 1.